The number of hydrogen-bond acceptors (Lipinski definition) is 2. The summed E-state index contributed by atoms with van der Waals surface area (Å²) in [5.41, 5.74) is 5.55. The van der Waals surface area contributed by atoms with Crippen LogP contribution in [0, 0.1) is 11.3 Å². The minimum absolute atomic E-state index is 0.118. The molecule has 2 N–H and O–H groups in total. The van der Waals surface area contributed by atoms with E-state index in [1.165, 1.54) is 0 Å². The van der Waals surface area contributed by atoms with E-state index in [0.717, 1.165) is 32.1 Å². The van der Waals surface area contributed by atoms with E-state index in [1.54, 1.807) is 4.90 Å². The van der Waals surface area contributed by atoms with Gasteiger partial charge in [-0.15, -0.1) is 0 Å². The van der Waals surface area contributed by atoms with Crippen molar-refractivity contribution in [3.05, 3.63) is 0 Å². The molecule has 1 aliphatic carbocycles. The molecule has 17 heavy (non-hydrogen) atoms. The van der Waals surface area contributed by atoms with E-state index in [4.69, 9.17) is 5.73 Å². The smallest absolute Gasteiger partial charge is 0.240 e. The molecule has 3 atom stereocenters. The Morgan fingerprint density at radius 1 is 1.41 bits per heavy atom. The SMILES string of the molecule is CCC1(C)CC1C(=O)N1CCCCC1C(N)=O. The maximum atomic E-state index is 12.4. The minimum atomic E-state index is -0.363. The molecule has 96 valence electrons. The summed E-state index contributed by atoms with van der Waals surface area (Å²) in [6.07, 6.45) is 4.71. The molecule has 1 saturated heterocycles. The number of likely N-dealkylation sites (tertiary alicyclic amines) is 1. The second-order valence-corrected chi connectivity index (χ2v) is 5.71. The lowest BCUT2D eigenvalue weighted by Gasteiger charge is -2.34. The highest BCUT2D eigenvalue weighted by Gasteiger charge is 2.55. The topological polar surface area (TPSA) is 63.4 Å². The molecule has 0 spiro atoms. The Bertz CT molecular complexity index is 342. The van der Waals surface area contributed by atoms with E-state index in [9.17, 15) is 9.59 Å². The first-order valence-electron chi connectivity index (χ1n) is 6.59. The molecule has 2 amide bonds. The number of amides is 2. The molecule has 2 fully saturated rings. The van der Waals surface area contributed by atoms with Gasteiger partial charge in [-0.3, -0.25) is 9.59 Å². The Balaban J connectivity index is 2.05. The van der Waals surface area contributed by atoms with Crippen LogP contribution in [0.1, 0.15) is 46.0 Å². The first kappa shape index (κ1) is 12.4. The van der Waals surface area contributed by atoms with E-state index < -0.39 is 0 Å². The number of nitrogens with two attached hydrogens (primary N) is 1. The van der Waals surface area contributed by atoms with Gasteiger partial charge < -0.3 is 10.6 Å². The van der Waals surface area contributed by atoms with Crippen LogP contribution >= 0.6 is 0 Å². The number of carbonyl (C=O) groups is 2. The molecule has 2 aliphatic rings. The van der Waals surface area contributed by atoms with E-state index >= 15 is 0 Å². The summed E-state index contributed by atoms with van der Waals surface area (Å²) in [5.74, 6) is -0.0813. The van der Waals surface area contributed by atoms with E-state index in [2.05, 4.69) is 13.8 Å². The van der Waals surface area contributed by atoms with E-state index in [-0.39, 0.29) is 29.2 Å². The number of carbonyl (C=O) groups excluding carboxylic acids is 2. The quantitative estimate of drug-likeness (QED) is 0.805. The zero-order valence-corrected chi connectivity index (χ0v) is 10.7. The average Bonchev–Trinajstić information content (AvgIpc) is 3.01. The fraction of sp³-hybridized carbons (Fsp3) is 0.846. The van der Waals surface area contributed by atoms with Crippen LogP contribution in [0.3, 0.4) is 0 Å². The van der Waals surface area contributed by atoms with Crippen LogP contribution in [0.4, 0.5) is 0 Å². The summed E-state index contributed by atoms with van der Waals surface area (Å²) in [4.78, 5) is 25.5. The summed E-state index contributed by atoms with van der Waals surface area (Å²) in [6.45, 7) is 4.97. The molecule has 1 aliphatic heterocycles. The number of piperidine rings is 1. The van der Waals surface area contributed by atoms with Gasteiger partial charge in [0.1, 0.15) is 6.04 Å². The first-order chi connectivity index (χ1) is 7.99. The van der Waals surface area contributed by atoms with Crippen LogP contribution in [0.15, 0.2) is 0 Å². The van der Waals surface area contributed by atoms with Gasteiger partial charge >= 0.3 is 0 Å². The van der Waals surface area contributed by atoms with E-state index in [1.807, 2.05) is 0 Å². The molecule has 2 rings (SSSR count). The van der Waals surface area contributed by atoms with Crippen LogP contribution < -0.4 is 5.73 Å². The summed E-state index contributed by atoms with van der Waals surface area (Å²) in [5, 5.41) is 0. The van der Waals surface area contributed by atoms with Crippen molar-refractivity contribution in [3.63, 3.8) is 0 Å². The molecule has 3 unspecified atom stereocenters. The third-order valence-electron chi connectivity index (χ3n) is 4.57. The maximum absolute atomic E-state index is 12.4. The van der Waals surface area contributed by atoms with Crippen LogP contribution in [0.2, 0.25) is 0 Å². The van der Waals surface area contributed by atoms with E-state index in [0.29, 0.717) is 6.54 Å². The van der Waals surface area contributed by atoms with Gasteiger partial charge in [-0.25, -0.2) is 0 Å². The number of primary amides is 1. The predicted octanol–water partition coefficient (Wildman–Crippen LogP) is 1.29. The fourth-order valence-corrected chi connectivity index (χ4v) is 2.87. The monoisotopic (exact) mass is 238 g/mol. The number of nitrogens with zero attached hydrogens (tertiary/aromatic N) is 1. The molecule has 0 aromatic heterocycles. The van der Waals surface area contributed by atoms with Gasteiger partial charge in [-0.05, 0) is 37.5 Å². The zero-order valence-electron chi connectivity index (χ0n) is 10.7. The third-order valence-corrected chi connectivity index (χ3v) is 4.57. The van der Waals surface area contributed by atoms with Crippen molar-refractivity contribution in [3.8, 4) is 0 Å². The molecule has 4 heteroatoms. The molecule has 1 saturated carbocycles. The summed E-state index contributed by atoms with van der Waals surface area (Å²) in [6, 6.07) is -0.363. The molecule has 0 bridgehead atoms. The Labute approximate surface area is 103 Å². The van der Waals surface area contributed by atoms with Crippen LogP contribution in [-0.2, 0) is 9.59 Å². The van der Waals surface area contributed by atoms with Crippen LogP contribution in [0.25, 0.3) is 0 Å². The van der Waals surface area contributed by atoms with Gasteiger partial charge in [-0.2, -0.15) is 0 Å². The van der Waals surface area contributed by atoms with Crippen molar-refractivity contribution in [2.75, 3.05) is 6.54 Å². The van der Waals surface area contributed by atoms with Gasteiger partial charge in [-0.1, -0.05) is 13.8 Å². The Hall–Kier alpha value is -1.06. The average molecular weight is 238 g/mol. The van der Waals surface area contributed by atoms with Crippen molar-refractivity contribution in [1.29, 1.82) is 0 Å². The second kappa shape index (κ2) is 4.31. The molecular weight excluding hydrogens is 216 g/mol. The van der Waals surface area contributed by atoms with Crippen molar-refractivity contribution in [2.45, 2.75) is 52.0 Å². The van der Waals surface area contributed by atoms with Crippen molar-refractivity contribution in [1.82, 2.24) is 4.90 Å². The van der Waals surface area contributed by atoms with Gasteiger partial charge in [0.2, 0.25) is 11.8 Å². The lowest BCUT2D eigenvalue weighted by molar-refractivity contribution is -0.142. The standard InChI is InChI=1S/C13H22N2O2/c1-3-13(2)8-9(13)12(17)15-7-5-4-6-10(15)11(14)16/h9-10H,3-8H2,1-2H3,(H2,14,16). The van der Waals surface area contributed by atoms with Gasteiger partial charge in [0, 0.05) is 12.5 Å². The Morgan fingerprint density at radius 3 is 2.65 bits per heavy atom. The minimum Gasteiger partial charge on any atom is -0.368 e. The highest BCUT2D eigenvalue weighted by molar-refractivity contribution is 5.89. The van der Waals surface area contributed by atoms with Gasteiger partial charge in [0.25, 0.3) is 0 Å². The fourth-order valence-electron chi connectivity index (χ4n) is 2.87. The zero-order chi connectivity index (χ0) is 12.6. The second-order valence-electron chi connectivity index (χ2n) is 5.71. The largest absolute Gasteiger partial charge is 0.368 e. The lowest BCUT2D eigenvalue weighted by atomic mass is 9.98. The molecular formula is C13H22N2O2. The normalized spacial score (nSPS) is 36.7. The first-order valence-corrected chi connectivity index (χ1v) is 6.59. The molecule has 0 aromatic rings. The predicted molar refractivity (Wildman–Crippen MR) is 65.1 cm³/mol. The van der Waals surface area contributed by atoms with Crippen molar-refractivity contribution < 1.29 is 9.59 Å². The molecule has 1 heterocycles. The van der Waals surface area contributed by atoms with Crippen LogP contribution in [0.5, 0.6) is 0 Å². The molecule has 0 radical (unpaired) electrons. The number of hydrogen-bond donors (Lipinski definition) is 1. The third kappa shape index (κ3) is 2.17. The summed E-state index contributed by atoms with van der Waals surface area (Å²) >= 11 is 0. The molecule has 4 nitrogen and oxygen atoms in total. The maximum Gasteiger partial charge on any atom is 0.240 e. The lowest BCUT2D eigenvalue weighted by Crippen LogP contribution is -2.51. The molecule has 0 aromatic carbocycles. The van der Waals surface area contributed by atoms with Gasteiger partial charge in [0.15, 0.2) is 0 Å². The number of rotatable bonds is 3. The van der Waals surface area contributed by atoms with Crippen LogP contribution in [-0.4, -0.2) is 29.3 Å². The highest BCUT2D eigenvalue weighted by Crippen LogP contribution is 2.55. The highest BCUT2D eigenvalue weighted by atomic mass is 16.2. The summed E-state index contributed by atoms with van der Waals surface area (Å²) in [7, 11) is 0. The van der Waals surface area contributed by atoms with Crippen molar-refractivity contribution >= 4 is 11.8 Å². The van der Waals surface area contributed by atoms with Crippen molar-refractivity contribution in [2.24, 2.45) is 17.1 Å². The summed E-state index contributed by atoms with van der Waals surface area (Å²) < 4.78 is 0. The Kier molecular flexibility index (Phi) is 3.15. The van der Waals surface area contributed by atoms with Gasteiger partial charge in [0.05, 0.1) is 0 Å². The Morgan fingerprint density at radius 2 is 2.12 bits per heavy atom.